The molecule has 0 aromatic rings. The van der Waals surface area contributed by atoms with Gasteiger partial charge in [0.1, 0.15) is 23.3 Å². The zero-order valence-electron chi connectivity index (χ0n) is 16.8. The standard InChI is InChI=1S/C22H29FO5/c1-20-11-16(25)19-14(15(20)5-4-12(20)8-18(26)28-3)9-17(23)22(27)10-13(24)6-7-21(19,22)2/h8,14-15,17,19,27H,4-7,9-11H2,1-3H3/b12-8-/t14-,15-,17+,19+,20+,21+,22-/m0/s1. The fourth-order valence-electron chi connectivity index (χ4n) is 7.13. The van der Waals surface area contributed by atoms with Gasteiger partial charge in [-0.15, -0.1) is 0 Å². The summed E-state index contributed by atoms with van der Waals surface area (Å²) in [6.07, 6.45) is 2.31. The van der Waals surface area contributed by atoms with Gasteiger partial charge in [-0.1, -0.05) is 19.4 Å². The third-order valence-corrected chi connectivity index (χ3v) is 8.67. The van der Waals surface area contributed by atoms with Crippen molar-refractivity contribution >= 4 is 17.5 Å². The monoisotopic (exact) mass is 392 g/mol. The van der Waals surface area contributed by atoms with Crippen LogP contribution >= 0.6 is 0 Å². The van der Waals surface area contributed by atoms with Gasteiger partial charge >= 0.3 is 5.97 Å². The van der Waals surface area contributed by atoms with E-state index >= 15 is 4.39 Å². The largest absolute Gasteiger partial charge is 0.466 e. The molecule has 154 valence electrons. The SMILES string of the molecule is COC(=O)/C=C1/CC[C@H]2[C@@H]3C[C@@H](F)[C@@]4(O)CC(=O)CC[C@]4(C)[C@H]3C(=O)C[C@]12C. The van der Waals surface area contributed by atoms with Crippen molar-refractivity contribution in [3.63, 3.8) is 0 Å². The van der Waals surface area contributed by atoms with E-state index in [1.807, 2.05) is 13.8 Å². The predicted molar refractivity (Wildman–Crippen MR) is 99.0 cm³/mol. The van der Waals surface area contributed by atoms with Crippen molar-refractivity contribution in [2.75, 3.05) is 7.11 Å². The van der Waals surface area contributed by atoms with Crippen LogP contribution in [0.4, 0.5) is 4.39 Å². The van der Waals surface area contributed by atoms with Gasteiger partial charge in [0.2, 0.25) is 0 Å². The summed E-state index contributed by atoms with van der Waals surface area (Å²) in [5.74, 6) is -1.05. The van der Waals surface area contributed by atoms with Crippen LogP contribution in [0.3, 0.4) is 0 Å². The first-order chi connectivity index (χ1) is 13.1. The lowest BCUT2D eigenvalue weighted by Gasteiger charge is -2.62. The summed E-state index contributed by atoms with van der Waals surface area (Å²) < 4.78 is 20.1. The normalized spacial score (nSPS) is 49.4. The number of alkyl halides is 1. The first kappa shape index (κ1) is 19.7. The van der Waals surface area contributed by atoms with Gasteiger partial charge in [-0.3, -0.25) is 9.59 Å². The highest BCUT2D eigenvalue weighted by atomic mass is 19.1. The van der Waals surface area contributed by atoms with E-state index in [1.165, 1.54) is 13.2 Å². The van der Waals surface area contributed by atoms with Gasteiger partial charge in [-0.2, -0.15) is 0 Å². The molecule has 0 spiro atoms. The van der Waals surface area contributed by atoms with Crippen molar-refractivity contribution in [2.45, 2.75) is 70.6 Å². The topological polar surface area (TPSA) is 80.7 Å². The van der Waals surface area contributed by atoms with Gasteiger partial charge in [-0.05, 0) is 42.9 Å². The molecule has 28 heavy (non-hydrogen) atoms. The lowest BCUT2D eigenvalue weighted by atomic mass is 9.43. The molecule has 0 bridgehead atoms. The van der Waals surface area contributed by atoms with E-state index in [2.05, 4.69) is 0 Å². The Balaban J connectivity index is 1.75. The molecule has 0 aromatic heterocycles. The number of Topliss-reactive ketones (excluding diaryl/α,β-unsaturated/α-hetero) is 2. The number of ketones is 2. The average Bonchev–Trinajstić information content (AvgIpc) is 2.93. The van der Waals surface area contributed by atoms with Gasteiger partial charge < -0.3 is 9.84 Å². The maximum atomic E-state index is 15.4. The quantitative estimate of drug-likeness (QED) is 0.548. The molecule has 0 amide bonds. The number of allylic oxidation sites excluding steroid dienone is 1. The second-order valence-corrected chi connectivity index (χ2v) is 9.80. The molecule has 4 aliphatic carbocycles. The minimum absolute atomic E-state index is 0.0311. The van der Waals surface area contributed by atoms with Crippen LogP contribution in [-0.4, -0.2) is 41.5 Å². The summed E-state index contributed by atoms with van der Waals surface area (Å²) in [5.41, 5.74) is -2.23. The number of aliphatic hydroxyl groups is 1. The van der Waals surface area contributed by atoms with Gasteiger partial charge in [0.05, 0.1) is 7.11 Å². The predicted octanol–water partition coefficient (Wildman–Crippen LogP) is 2.94. The molecule has 0 aromatic carbocycles. The minimum atomic E-state index is -1.75. The Kier molecular flexibility index (Phi) is 4.38. The first-order valence-electron chi connectivity index (χ1n) is 10.3. The Morgan fingerprint density at radius 2 is 1.96 bits per heavy atom. The van der Waals surface area contributed by atoms with E-state index in [9.17, 15) is 19.5 Å². The highest BCUT2D eigenvalue weighted by Crippen LogP contribution is 2.67. The molecular formula is C22H29FO5. The van der Waals surface area contributed by atoms with Crippen LogP contribution < -0.4 is 0 Å². The van der Waals surface area contributed by atoms with Crippen molar-refractivity contribution in [1.82, 2.24) is 0 Å². The molecule has 4 aliphatic rings. The number of esters is 1. The van der Waals surface area contributed by atoms with Crippen LogP contribution in [0.15, 0.2) is 11.6 Å². The summed E-state index contributed by atoms with van der Waals surface area (Å²) in [7, 11) is 1.33. The summed E-state index contributed by atoms with van der Waals surface area (Å²) >= 11 is 0. The van der Waals surface area contributed by atoms with Crippen molar-refractivity contribution in [1.29, 1.82) is 0 Å². The maximum Gasteiger partial charge on any atom is 0.330 e. The molecule has 0 saturated heterocycles. The number of hydrogen-bond donors (Lipinski definition) is 1. The molecular weight excluding hydrogens is 363 g/mol. The van der Waals surface area contributed by atoms with E-state index in [-0.39, 0.29) is 49.1 Å². The van der Waals surface area contributed by atoms with Crippen LogP contribution in [0.1, 0.15) is 58.8 Å². The Morgan fingerprint density at radius 3 is 2.64 bits per heavy atom. The third-order valence-electron chi connectivity index (χ3n) is 8.67. The van der Waals surface area contributed by atoms with Crippen LogP contribution in [-0.2, 0) is 19.1 Å². The van der Waals surface area contributed by atoms with Crippen LogP contribution in [0.5, 0.6) is 0 Å². The highest BCUT2D eigenvalue weighted by molar-refractivity contribution is 5.88. The molecule has 1 N–H and O–H groups in total. The number of carbonyl (C=O) groups is 3. The molecule has 5 nitrogen and oxygen atoms in total. The number of halogens is 1. The number of hydrogen-bond acceptors (Lipinski definition) is 5. The van der Waals surface area contributed by atoms with E-state index < -0.39 is 34.5 Å². The van der Waals surface area contributed by atoms with Crippen molar-refractivity contribution < 1.29 is 28.6 Å². The molecule has 0 aliphatic heterocycles. The van der Waals surface area contributed by atoms with E-state index in [4.69, 9.17) is 4.74 Å². The molecule has 0 unspecified atom stereocenters. The van der Waals surface area contributed by atoms with Gasteiger partial charge in [0.15, 0.2) is 0 Å². The molecule has 6 heteroatoms. The minimum Gasteiger partial charge on any atom is -0.466 e. The summed E-state index contributed by atoms with van der Waals surface area (Å²) in [4.78, 5) is 37.2. The van der Waals surface area contributed by atoms with Crippen molar-refractivity contribution in [3.05, 3.63) is 11.6 Å². The Labute approximate surface area is 164 Å². The molecule has 7 atom stereocenters. The second kappa shape index (κ2) is 6.22. The lowest BCUT2D eigenvalue weighted by Crippen LogP contribution is -2.69. The number of carbonyl (C=O) groups excluding carboxylic acids is 3. The van der Waals surface area contributed by atoms with Gasteiger partial charge in [-0.25, -0.2) is 9.18 Å². The molecule has 0 radical (unpaired) electrons. The molecule has 4 rings (SSSR count). The van der Waals surface area contributed by atoms with E-state index in [0.717, 1.165) is 12.0 Å². The average molecular weight is 392 g/mol. The van der Waals surface area contributed by atoms with Gasteiger partial charge in [0, 0.05) is 36.7 Å². The number of ether oxygens (including phenoxy) is 1. The van der Waals surface area contributed by atoms with Crippen molar-refractivity contribution in [3.8, 4) is 0 Å². The summed E-state index contributed by atoms with van der Waals surface area (Å²) in [5, 5.41) is 11.2. The number of fused-ring (bicyclic) bond motifs is 5. The smallest absolute Gasteiger partial charge is 0.330 e. The summed E-state index contributed by atoms with van der Waals surface area (Å²) in [6.45, 7) is 3.82. The number of rotatable bonds is 1. The Hall–Kier alpha value is -1.56. The Bertz CT molecular complexity index is 775. The zero-order chi connectivity index (χ0) is 20.5. The number of methoxy groups -OCH3 is 1. The van der Waals surface area contributed by atoms with Gasteiger partial charge in [0.25, 0.3) is 0 Å². The van der Waals surface area contributed by atoms with E-state index in [0.29, 0.717) is 12.8 Å². The fraction of sp³-hybridized carbons (Fsp3) is 0.773. The molecule has 0 heterocycles. The summed E-state index contributed by atoms with van der Waals surface area (Å²) in [6, 6.07) is 0. The Morgan fingerprint density at radius 1 is 1.25 bits per heavy atom. The van der Waals surface area contributed by atoms with E-state index in [1.54, 1.807) is 0 Å². The van der Waals surface area contributed by atoms with Crippen LogP contribution in [0, 0.1) is 28.6 Å². The lowest BCUT2D eigenvalue weighted by molar-refractivity contribution is -0.225. The molecule has 4 saturated carbocycles. The highest BCUT2D eigenvalue weighted by Gasteiger charge is 2.69. The fourth-order valence-corrected chi connectivity index (χ4v) is 7.13. The maximum absolute atomic E-state index is 15.4. The first-order valence-corrected chi connectivity index (χ1v) is 10.3. The van der Waals surface area contributed by atoms with Crippen LogP contribution in [0.2, 0.25) is 0 Å². The third kappa shape index (κ3) is 2.42. The van der Waals surface area contributed by atoms with Crippen LogP contribution in [0.25, 0.3) is 0 Å². The second-order valence-electron chi connectivity index (χ2n) is 9.80. The van der Waals surface area contributed by atoms with Crippen molar-refractivity contribution in [2.24, 2.45) is 28.6 Å². The molecule has 4 fully saturated rings. The zero-order valence-corrected chi connectivity index (χ0v) is 16.8.